The smallest absolute Gasteiger partial charge is 0.230 e. The molecule has 0 bridgehead atoms. The summed E-state index contributed by atoms with van der Waals surface area (Å²) in [5, 5.41) is 0. The molecule has 21 heavy (non-hydrogen) atoms. The molecule has 3 nitrogen and oxygen atoms in total. The van der Waals surface area contributed by atoms with Gasteiger partial charge in [0.15, 0.2) is 0 Å². The van der Waals surface area contributed by atoms with Crippen LogP contribution in [-0.2, 0) is 4.79 Å². The van der Waals surface area contributed by atoms with Gasteiger partial charge in [-0.15, -0.1) is 0 Å². The lowest BCUT2D eigenvalue weighted by Gasteiger charge is -2.28. The maximum Gasteiger partial charge on any atom is 0.230 e. The van der Waals surface area contributed by atoms with E-state index in [4.69, 9.17) is 0 Å². The highest BCUT2D eigenvalue weighted by Crippen LogP contribution is 2.35. The summed E-state index contributed by atoms with van der Waals surface area (Å²) in [5.41, 5.74) is 0.979. The number of hydrogen-bond acceptors (Lipinski definition) is 2. The fourth-order valence-corrected chi connectivity index (χ4v) is 3.13. The number of carbonyl (C=O) groups excluding carboxylic acids is 1. The van der Waals surface area contributed by atoms with E-state index in [-0.39, 0.29) is 11.8 Å². The lowest BCUT2D eigenvalue weighted by atomic mass is 10.1. The molecular formula is C16H22Br2N2O. The summed E-state index contributed by atoms with van der Waals surface area (Å²) in [6.45, 7) is 3.94. The summed E-state index contributed by atoms with van der Waals surface area (Å²) in [4.78, 5) is 16.7. The Balaban J connectivity index is 2.18. The Morgan fingerprint density at radius 1 is 1.24 bits per heavy atom. The Kier molecular flexibility index (Phi) is 5.86. The van der Waals surface area contributed by atoms with Gasteiger partial charge in [0.05, 0.1) is 0 Å². The molecule has 116 valence electrons. The summed E-state index contributed by atoms with van der Waals surface area (Å²) in [7, 11) is 4.14. The summed E-state index contributed by atoms with van der Waals surface area (Å²) >= 11 is 7.01. The SMILES string of the molecule is CC(CN(C)C)CN(C(=O)C1CC1)c1ccc(Br)c(Br)c1. The number of nitrogens with zero attached hydrogens (tertiary/aromatic N) is 2. The number of halogens is 2. The van der Waals surface area contributed by atoms with Gasteiger partial charge in [0.25, 0.3) is 0 Å². The highest BCUT2D eigenvalue weighted by Gasteiger charge is 2.34. The summed E-state index contributed by atoms with van der Waals surface area (Å²) < 4.78 is 1.99. The molecule has 0 radical (unpaired) electrons. The monoisotopic (exact) mass is 416 g/mol. The molecule has 0 N–H and O–H groups in total. The van der Waals surface area contributed by atoms with Crippen LogP contribution in [0, 0.1) is 11.8 Å². The van der Waals surface area contributed by atoms with Gasteiger partial charge in [0, 0.05) is 33.6 Å². The van der Waals surface area contributed by atoms with Gasteiger partial charge in [0.1, 0.15) is 0 Å². The second-order valence-electron chi connectivity index (χ2n) is 6.19. The van der Waals surface area contributed by atoms with Crippen LogP contribution in [0.15, 0.2) is 27.1 Å². The number of benzene rings is 1. The topological polar surface area (TPSA) is 23.6 Å². The van der Waals surface area contributed by atoms with Crippen LogP contribution in [0.4, 0.5) is 5.69 Å². The Hall–Kier alpha value is -0.390. The van der Waals surface area contributed by atoms with Crippen LogP contribution in [-0.4, -0.2) is 38.0 Å². The maximum atomic E-state index is 12.6. The first-order valence-corrected chi connectivity index (χ1v) is 8.88. The van der Waals surface area contributed by atoms with Gasteiger partial charge in [-0.1, -0.05) is 6.92 Å². The van der Waals surface area contributed by atoms with Crippen molar-refractivity contribution in [2.75, 3.05) is 32.1 Å². The fourth-order valence-electron chi connectivity index (χ4n) is 2.52. The highest BCUT2D eigenvalue weighted by molar-refractivity contribution is 9.13. The highest BCUT2D eigenvalue weighted by atomic mass is 79.9. The minimum Gasteiger partial charge on any atom is -0.312 e. The summed E-state index contributed by atoms with van der Waals surface area (Å²) in [6, 6.07) is 6.02. The van der Waals surface area contributed by atoms with Crippen molar-refractivity contribution >= 4 is 43.5 Å². The summed E-state index contributed by atoms with van der Waals surface area (Å²) in [6.07, 6.45) is 2.07. The van der Waals surface area contributed by atoms with Crippen LogP contribution in [0.25, 0.3) is 0 Å². The van der Waals surface area contributed by atoms with Crippen molar-refractivity contribution in [1.29, 1.82) is 0 Å². The van der Waals surface area contributed by atoms with E-state index in [2.05, 4.69) is 57.8 Å². The minimum atomic E-state index is 0.235. The average Bonchev–Trinajstić information content (AvgIpc) is 3.22. The van der Waals surface area contributed by atoms with Gasteiger partial charge in [-0.05, 0) is 82.9 Å². The van der Waals surface area contributed by atoms with Gasteiger partial charge in [-0.3, -0.25) is 4.79 Å². The normalized spacial score (nSPS) is 16.1. The Morgan fingerprint density at radius 2 is 1.90 bits per heavy atom. The predicted octanol–water partition coefficient (Wildman–Crippen LogP) is 4.15. The third-order valence-electron chi connectivity index (χ3n) is 3.58. The van der Waals surface area contributed by atoms with Crippen molar-refractivity contribution in [2.45, 2.75) is 19.8 Å². The number of rotatable bonds is 6. The third-order valence-corrected chi connectivity index (χ3v) is 5.46. The largest absolute Gasteiger partial charge is 0.312 e. The van der Waals surface area contributed by atoms with Crippen LogP contribution in [0.3, 0.4) is 0 Å². The zero-order valence-electron chi connectivity index (χ0n) is 12.8. The van der Waals surface area contributed by atoms with E-state index in [0.29, 0.717) is 5.92 Å². The molecule has 1 atom stereocenters. The van der Waals surface area contributed by atoms with E-state index in [1.54, 1.807) is 0 Å². The standard InChI is InChI=1S/C16H22Br2N2O/c1-11(9-19(2)3)10-20(16(21)12-4-5-12)13-6-7-14(17)15(18)8-13/h6-8,11-12H,4-5,9-10H2,1-3H3. The van der Waals surface area contributed by atoms with Gasteiger partial charge >= 0.3 is 0 Å². The van der Waals surface area contributed by atoms with Crippen molar-refractivity contribution in [2.24, 2.45) is 11.8 Å². The van der Waals surface area contributed by atoms with E-state index in [1.165, 1.54) is 0 Å². The van der Waals surface area contributed by atoms with E-state index < -0.39 is 0 Å². The Bertz CT molecular complexity index is 515. The van der Waals surface area contributed by atoms with Gasteiger partial charge < -0.3 is 9.80 Å². The van der Waals surface area contributed by atoms with Crippen LogP contribution >= 0.6 is 31.9 Å². The first-order valence-electron chi connectivity index (χ1n) is 7.29. The quantitative estimate of drug-likeness (QED) is 0.693. The zero-order chi connectivity index (χ0) is 15.6. The molecule has 1 amide bonds. The van der Waals surface area contributed by atoms with E-state index in [1.807, 2.05) is 23.1 Å². The van der Waals surface area contributed by atoms with Crippen molar-refractivity contribution in [1.82, 2.24) is 4.90 Å². The Morgan fingerprint density at radius 3 is 2.43 bits per heavy atom. The van der Waals surface area contributed by atoms with Gasteiger partial charge in [-0.25, -0.2) is 0 Å². The van der Waals surface area contributed by atoms with Gasteiger partial charge in [0.2, 0.25) is 5.91 Å². The number of hydrogen-bond donors (Lipinski definition) is 0. The lowest BCUT2D eigenvalue weighted by Crippen LogP contribution is -2.38. The molecule has 5 heteroatoms. The molecule has 1 saturated carbocycles. The van der Waals surface area contributed by atoms with Crippen molar-refractivity contribution in [3.8, 4) is 0 Å². The Labute approximate surface area is 143 Å². The number of anilines is 1. The van der Waals surface area contributed by atoms with Crippen molar-refractivity contribution in [3.05, 3.63) is 27.1 Å². The molecule has 1 fully saturated rings. The van der Waals surface area contributed by atoms with E-state index >= 15 is 0 Å². The second-order valence-corrected chi connectivity index (χ2v) is 7.90. The molecule has 1 aliphatic rings. The molecule has 1 aromatic carbocycles. The molecule has 1 aliphatic carbocycles. The van der Waals surface area contributed by atoms with E-state index in [9.17, 15) is 4.79 Å². The van der Waals surface area contributed by atoms with Crippen LogP contribution in [0.1, 0.15) is 19.8 Å². The van der Waals surface area contributed by atoms with Crippen LogP contribution < -0.4 is 4.90 Å². The molecule has 0 aromatic heterocycles. The molecular weight excluding hydrogens is 396 g/mol. The predicted molar refractivity (Wildman–Crippen MR) is 94.6 cm³/mol. The molecule has 0 heterocycles. The molecule has 0 saturated heterocycles. The second kappa shape index (κ2) is 7.25. The number of amides is 1. The molecule has 2 rings (SSSR count). The summed E-state index contributed by atoms with van der Waals surface area (Å²) in [5.74, 6) is 0.943. The van der Waals surface area contributed by atoms with Crippen molar-refractivity contribution < 1.29 is 4.79 Å². The molecule has 1 aromatic rings. The molecule has 0 aliphatic heterocycles. The number of carbonyl (C=O) groups is 1. The van der Waals surface area contributed by atoms with E-state index in [0.717, 1.165) is 40.6 Å². The lowest BCUT2D eigenvalue weighted by molar-refractivity contribution is -0.119. The van der Waals surface area contributed by atoms with Crippen LogP contribution in [0.5, 0.6) is 0 Å². The van der Waals surface area contributed by atoms with Crippen LogP contribution in [0.2, 0.25) is 0 Å². The van der Waals surface area contributed by atoms with Crippen molar-refractivity contribution in [3.63, 3.8) is 0 Å². The van der Waals surface area contributed by atoms with Gasteiger partial charge in [-0.2, -0.15) is 0 Å². The fraction of sp³-hybridized carbons (Fsp3) is 0.562. The first kappa shape index (κ1) is 17.0. The maximum absolute atomic E-state index is 12.6. The third kappa shape index (κ3) is 4.80. The first-order chi connectivity index (χ1) is 9.88. The zero-order valence-corrected chi connectivity index (χ0v) is 15.9. The molecule has 1 unspecified atom stereocenters. The average molecular weight is 418 g/mol. The molecule has 0 spiro atoms. The minimum absolute atomic E-state index is 0.235.